The second kappa shape index (κ2) is 5.90. The van der Waals surface area contributed by atoms with E-state index in [1.807, 2.05) is 6.07 Å². The van der Waals surface area contributed by atoms with Crippen LogP contribution in [0.5, 0.6) is 0 Å². The number of carbonyl (C=O) groups is 2. The van der Waals surface area contributed by atoms with Gasteiger partial charge in [0, 0.05) is 13.3 Å². The Kier molecular flexibility index (Phi) is 3.94. The quantitative estimate of drug-likeness (QED) is 0.770. The molecule has 4 nitrogen and oxygen atoms in total. The smallest absolute Gasteiger partial charge is 0.328 e. The molecular weight excluding hydrogens is 206 g/mol. The van der Waals surface area contributed by atoms with Crippen LogP contribution in [0.4, 0.5) is 0 Å². The molecule has 0 radical (unpaired) electrons. The van der Waals surface area contributed by atoms with Crippen LogP contribution >= 0.6 is 0 Å². The van der Waals surface area contributed by atoms with Crippen LogP contribution < -0.4 is 5.32 Å². The van der Waals surface area contributed by atoms with Crippen molar-refractivity contribution >= 4 is 11.9 Å². The van der Waals surface area contributed by atoms with Crippen LogP contribution in [0.3, 0.4) is 0 Å². The second-order valence-electron chi connectivity index (χ2n) is 3.31. The molecule has 0 aliphatic rings. The van der Waals surface area contributed by atoms with Gasteiger partial charge in [-0.15, -0.1) is 0 Å². The van der Waals surface area contributed by atoms with E-state index < -0.39 is 17.9 Å². The zero-order valence-electron chi connectivity index (χ0n) is 10.3. The molecule has 0 spiro atoms. The molecule has 1 rings (SSSR count). The molecule has 1 N–H and O–H groups in total. The monoisotopic (exact) mass is 222 g/mol. The first kappa shape index (κ1) is 10.7. The summed E-state index contributed by atoms with van der Waals surface area (Å²) in [5.41, 5.74) is 0.779. The van der Waals surface area contributed by atoms with E-state index in [1.54, 1.807) is 24.3 Å². The average Bonchev–Trinajstić information content (AvgIpc) is 2.28. The van der Waals surface area contributed by atoms with Gasteiger partial charge in [0.25, 0.3) is 0 Å². The van der Waals surface area contributed by atoms with Gasteiger partial charge in [0.2, 0.25) is 5.91 Å². The Hall–Kier alpha value is -1.84. The van der Waals surface area contributed by atoms with Gasteiger partial charge in [-0.25, -0.2) is 4.79 Å². The lowest BCUT2D eigenvalue weighted by Crippen LogP contribution is -2.41. The highest BCUT2D eigenvalue weighted by atomic mass is 16.5. The van der Waals surface area contributed by atoms with Crippen molar-refractivity contribution in [3.63, 3.8) is 0 Å². The predicted molar refractivity (Wildman–Crippen MR) is 59.8 cm³/mol. The number of ether oxygens (including phenoxy) is 1. The third kappa shape index (κ3) is 3.73. The van der Waals surface area contributed by atoms with Gasteiger partial charge in [-0.2, -0.15) is 0 Å². The molecule has 0 aromatic heterocycles. The first-order valence-electron chi connectivity index (χ1n) is 5.39. The predicted octanol–water partition coefficient (Wildman–Crippen LogP) is 0.907. The molecule has 0 fully saturated rings. The Balaban J connectivity index is 2.91. The maximum atomic E-state index is 11.5. The zero-order valence-corrected chi connectivity index (χ0v) is 9.32. The summed E-state index contributed by atoms with van der Waals surface area (Å²) in [4.78, 5) is 22.6. The van der Waals surface area contributed by atoms with Gasteiger partial charge >= 0.3 is 5.97 Å². The molecule has 0 aliphatic heterocycles. The minimum atomic E-state index is -1.78. The highest BCUT2D eigenvalue weighted by molar-refractivity contribution is 5.83. The summed E-state index contributed by atoms with van der Waals surface area (Å²) in [6, 6.07) is 7.25. The van der Waals surface area contributed by atoms with E-state index in [2.05, 4.69) is 10.1 Å². The van der Waals surface area contributed by atoms with E-state index in [9.17, 15) is 9.59 Å². The Labute approximate surface area is 96.0 Å². The number of benzene rings is 1. The summed E-state index contributed by atoms with van der Waals surface area (Å²) in [6.45, 7) is 1.26. The third-order valence-corrected chi connectivity index (χ3v) is 1.98. The Morgan fingerprint density at radius 1 is 1.44 bits per heavy atom. The Morgan fingerprint density at radius 2 is 2.06 bits per heavy atom. The summed E-state index contributed by atoms with van der Waals surface area (Å²) in [6.07, 6.45) is 0.0695. The van der Waals surface area contributed by atoms with E-state index >= 15 is 0 Å². The largest absolute Gasteiger partial charge is 0.467 e. The summed E-state index contributed by atoms with van der Waals surface area (Å²) >= 11 is 0. The minimum Gasteiger partial charge on any atom is -0.467 e. The summed E-state index contributed by atoms with van der Waals surface area (Å²) in [5, 5.41) is 2.31. The standard InChI is InChI=1S/C12H15NO3/c1-9(14)13-11(12(15)16-2)8-10-6-4-3-5-7-10/h3-7,11H,8H2,1-2H3,(H,13,14)/t11-/m1/s1/i11D. The number of rotatable bonds is 4. The molecule has 1 amide bonds. The number of hydrogen-bond acceptors (Lipinski definition) is 3. The van der Waals surface area contributed by atoms with E-state index in [1.165, 1.54) is 14.0 Å². The molecule has 1 aromatic rings. The van der Waals surface area contributed by atoms with Crippen molar-refractivity contribution in [2.45, 2.75) is 19.4 Å². The normalized spacial score (nSPS) is 14.5. The summed E-state index contributed by atoms with van der Waals surface area (Å²) in [5.74, 6) is -1.22. The lowest BCUT2D eigenvalue weighted by molar-refractivity contribution is -0.144. The van der Waals surface area contributed by atoms with Gasteiger partial charge in [-0.3, -0.25) is 4.79 Å². The van der Waals surface area contributed by atoms with Gasteiger partial charge in [0.1, 0.15) is 6.02 Å². The highest BCUT2D eigenvalue weighted by Gasteiger charge is 2.20. The number of nitrogens with one attached hydrogen (secondary N) is 1. The number of hydrogen-bond donors (Lipinski definition) is 1. The van der Waals surface area contributed by atoms with E-state index in [0.29, 0.717) is 0 Å². The molecule has 0 saturated heterocycles. The van der Waals surface area contributed by atoms with E-state index in [-0.39, 0.29) is 6.42 Å². The first-order valence-corrected chi connectivity index (χ1v) is 4.89. The van der Waals surface area contributed by atoms with E-state index in [4.69, 9.17) is 1.37 Å². The SMILES string of the molecule is [2H][C@](Cc1ccccc1)(NC(C)=O)C(=O)OC. The third-order valence-electron chi connectivity index (χ3n) is 1.98. The number of amides is 1. The molecule has 0 saturated carbocycles. The van der Waals surface area contributed by atoms with Crippen molar-refractivity contribution in [2.75, 3.05) is 7.11 Å². The van der Waals surface area contributed by atoms with Gasteiger partial charge in [0.15, 0.2) is 0 Å². The molecule has 0 heterocycles. The topological polar surface area (TPSA) is 55.4 Å². The van der Waals surface area contributed by atoms with Crippen LogP contribution in [-0.2, 0) is 20.7 Å². The van der Waals surface area contributed by atoms with Crippen LogP contribution in [0, 0.1) is 0 Å². The van der Waals surface area contributed by atoms with Crippen molar-refractivity contribution in [1.82, 2.24) is 5.32 Å². The van der Waals surface area contributed by atoms with Crippen LogP contribution in [0.1, 0.15) is 13.9 Å². The minimum absolute atomic E-state index is 0.0695. The van der Waals surface area contributed by atoms with Crippen LogP contribution in [0.25, 0.3) is 0 Å². The molecule has 4 heteroatoms. The van der Waals surface area contributed by atoms with Crippen molar-refractivity contribution in [3.05, 3.63) is 35.9 Å². The van der Waals surface area contributed by atoms with Gasteiger partial charge < -0.3 is 10.1 Å². The van der Waals surface area contributed by atoms with Crippen molar-refractivity contribution in [3.8, 4) is 0 Å². The summed E-state index contributed by atoms with van der Waals surface area (Å²) in [7, 11) is 1.19. The molecule has 1 atom stereocenters. The average molecular weight is 222 g/mol. The fourth-order valence-electron chi connectivity index (χ4n) is 1.30. The molecule has 1 aromatic carbocycles. The molecule has 0 aliphatic carbocycles. The molecule has 16 heavy (non-hydrogen) atoms. The van der Waals surface area contributed by atoms with Crippen molar-refractivity contribution in [1.29, 1.82) is 0 Å². The number of methoxy groups -OCH3 is 1. The molecule has 0 bridgehead atoms. The zero-order chi connectivity index (χ0) is 12.9. The van der Waals surface area contributed by atoms with Crippen LogP contribution in [0.2, 0.25) is 0 Å². The Morgan fingerprint density at radius 3 is 2.56 bits per heavy atom. The lowest BCUT2D eigenvalue weighted by Gasteiger charge is -2.15. The van der Waals surface area contributed by atoms with Gasteiger partial charge in [0.05, 0.1) is 8.48 Å². The molecular formula is C12H15NO3. The highest BCUT2D eigenvalue weighted by Crippen LogP contribution is 2.04. The maximum Gasteiger partial charge on any atom is 0.328 e. The van der Waals surface area contributed by atoms with Crippen LogP contribution in [-0.4, -0.2) is 25.0 Å². The maximum absolute atomic E-state index is 11.5. The first-order chi connectivity index (χ1) is 7.98. The fraction of sp³-hybridized carbons (Fsp3) is 0.333. The number of carbonyl (C=O) groups excluding carboxylic acids is 2. The molecule has 86 valence electrons. The number of esters is 1. The van der Waals surface area contributed by atoms with Gasteiger partial charge in [-0.05, 0) is 5.56 Å². The van der Waals surface area contributed by atoms with Crippen molar-refractivity contribution in [2.24, 2.45) is 0 Å². The Bertz CT molecular complexity index is 407. The summed E-state index contributed by atoms with van der Waals surface area (Å²) < 4.78 is 12.5. The van der Waals surface area contributed by atoms with Crippen LogP contribution in [0.15, 0.2) is 30.3 Å². The fourth-order valence-corrected chi connectivity index (χ4v) is 1.30. The van der Waals surface area contributed by atoms with E-state index in [0.717, 1.165) is 5.56 Å². The molecule has 0 unspecified atom stereocenters. The second-order valence-corrected chi connectivity index (χ2v) is 3.31. The van der Waals surface area contributed by atoms with Crippen molar-refractivity contribution < 1.29 is 15.7 Å². The lowest BCUT2D eigenvalue weighted by atomic mass is 10.1. The van der Waals surface area contributed by atoms with Gasteiger partial charge in [-0.1, -0.05) is 30.3 Å².